The normalized spacial score (nSPS) is 19.4. The minimum atomic E-state index is 0.290. The summed E-state index contributed by atoms with van der Waals surface area (Å²) in [5, 5.41) is 0. The largest absolute Gasteiger partial charge is 0.383 e. The van der Waals surface area contributed by atoms with E-state index in [1.165, 1.54) is 19.4 Å². The average molecular weight is 291 g/mol. The molecule has 1 fully saturated rings. The van der Waals surface area contributed by atoms with Crippen molar-refractivity contribution in [2.24, 2.45) is 0 Å². The van der Waals surface area contributed by atoms with Crippen molar-refractivity contribution in [3.8, 4) is 0 Å². The van der Waals surface area contributed by atoms with Crippen LogP contribution in [-0.2, 0) is 0 Å². The molecule has 5 nitrogen and oxygen atoms in total. The first kappa shape index (κ1) is 16.0. The third-order valence-electron chi connectivity index (χ3n) is 4.44. The molecule has 0 saturated carbocycles. The van der Waals surface area contributed by atoms with Gasteiger partial charge in [-0.15, -0.1) is 0 Å². The number of likely N-dealkylation sites (N-methyl/N-ethyl adjacent to an activating group) is 2. The van der Waals surface area contributed by atoms with Crippen molar-refractivity contribution >= 4 is 11.6 Å². The Hall–Kier alpha value is -1.36. The summed E-state index contributed by atoms with van der Waals surface area (Å²) in [6.07, 6.45) is 2.57. The van der Waals surface area contributed by atoms with Crippen LogP contribution in [0.4, 0.5) is 11.6 Å². The third kappa shape index (κ3) is 3.46. The van der Waals surface area contributed by atoms with Crippen LogP contribution in [0.5, 0.6) is 0 Å². The van der Waals surface area contributed by atoms with Crippen molar-refractivity contribution in [1.29, 1.82) is 0 Å². The molecule has 1 aliphatic heterocycles. The highest BCUT2D eigenvalue weighted by Gasteiger charge is 2.25. The summed E-state index contributed by atoms with van der Waals surface area (Å²) in [6.45, 7) is 11.8. The summed E-state index contributed by atoms with van der Waals surface area (Å²) in [6, 6.07) is 0.623. The number of nitrogens with zero attached hydrogens (tertiary/aromatic N) is 4. The van der Waals surface area contributed by atoms with E-state index in [1.54, 1.807) is 0 Å². The van der Waals surface area contributed by atoms with Gasteiger partial charge in [-0.3, -0.25) is 4.90 Å². The second-order valence-electron chi connectivity index (χ2n) is 6.38. The van der Waals surface area contributed by atoms with Crippen LogP contribution in [0.25, 0.3) is 0 Å². The van der Waals surface area contributed by atoms with Crippen LogP contribution in [0.3, 0.4) is 0 Å². The first-order valence-electron chi connectivity index (χ1n) is 8.03. The Morgan fingerprint density at radius 2 is 2.10 bits per heavy atom. The third-order valence-corrected chi connectivity index (χ3v) is 4.44. The molecule has 0 amide bonds. The summed E-state index contributed by atoms with van der Waals surface area (Å²) in [7, 11) is 2.12. The maximum Gasteiger partial charge on any atom is 0.137 e. The van der Waals surface area contributed by atoms with Gasteiger partial charge in [0.05, 0.1) is 0 Å². The highest BCUT2D eigenvalue weighted by Crippen LogP contribution is 2.25. The Morgan fingerprint density at radius 1 is 1.38 bits per heavy atom. The molecular weight excluding hydrogens is 262 g/mol. The van der Waals surface area contributed by atoms with E-state index in [0.717, 1.165) is 30.3 Å². The highest BCUT2D eigenvalue weighted by molar-refractivity contribution is 5.56. The molecule has 1 aliphatic rings. The summed E-state index contributed by atoms with van der Waals surface area (Å²) in [4.78, 5) is 14.0. The molecule has 0 spiro atoms. The maximum absolute atomic E-state index is 6.07. The molecule has 21 heavy (non-hydrogen) atoms. The molecule has 1 saturated heterocycles. The minimum Gasteiger partial charge on any atom is -0.383 e. The van der Waals surface area contributed by atoms with Crippen LogP contribution < -0.4 is 10.6 Å². The van der Waals surface area contributed by atoms with E-state index in [0.29, 0.717) is 17.8 Å². The van der Waals surface area contributed by atoms with Crippen LogP contribution in [0.2, 0.25) is 0 Å². The molecule has 1 aromatic heterocycles. The number of nitrogen functional groups attached to an aromatic ring is 1. The Morgan fingerprint density at radius 3 is 2.71 bits per heavy atom. The first-order valence-corrected chi connectivity index (χ1v) is 8.03. The predicted octanol–water partition coefficient (Wildman–Crippen LogP) is 2.41. The number of likely N-dealkylation sites (tertiary alicyclic amines) is 1. The van der Waals surface area contributed by atoms with Gasteiger partial charge in [0.2, 0.25) is 0 Å². The summed E-state index contributed by atoms with van der Waals surface area (Å²) in [5.74, 6) is 2.71. The van der Waals surface area contributed by atoms with Gasteiger partial charge in [-0.2, -0.15) is 0 Å². The topological polar surface area (TPSA) is 58.3 Å². The quantitative estimate of drug-likeness (QED) is 0.903. The summed E-state index contributed by atoms with van der Waals surface area (Å²) in [5.41, 5.74) is 7.06. The second-order valence-corrected chi connectivity index (χ2v) is 6.38. The molecule has 2 rings (SSSR count). The van der Waals surface area contributed by atoms with Crippen molar-refractivity contribution < 1.29 is 0 Å². The van der Waals surface area contributed by atoms with Gasteiger partial charge in [-0.25, -0.2) is 9.97 Å². The van der Waals surface area contributed by atoms with Gasteiger partial charge in [0.15, 0.2) is 0 Å². The van der Waals surface area contributed by atoms with E-state index in [4.69, 9.17) is 10.7 Å². The zero-order valence-electron chi connectivity index (χ0n) is 14.1. The molecule has 1 aromatic rings. The van der Waals surface area contributed by atoms with Gasteiger partial charge in [-0.05, 0) is 32.9 Å². The van der Waals surface area contributed by atoms with Crippen molar-refractivity contribution in [2.45, 2.75) is 52.5 Å². The van der Waals surface area contributed by atoms with Crippen molar-refractivity contribution in [1.82, 2.24) is 14.9 Å². The highest BCUT2D eigenvalue weighted by atomic mass is 15.2. The van der Waals surface area contributed by atoms with Gasteiger partial charge < -0.3 is 10.6 Å². The fraction of sp³-hybridized carbons (Fsp3) is 0.750. The lowest BCUT2D eigenvalue weighted by molar-refractivity contribution is 0.270. The lowest BCUT2D eigenvalue weighted by atomic mass is 10.1. The molecule has 1 atom stereocenters. The number of aromatic nitrogens is 2. The molecule has 0 radical (unpaired) electrons. The van der Waals surface area contributed by atoms with E-state index in [2.05, 4.69) is 42.6 Å². The van der Waals surface area contributed by atoms with Crippen LogP contribution in [0.15, 0.2) is 0 Å². The Labute approximate surface area is 128 Å². The molecule has 2 N–H and O–H groups in total. The van der Waals surface area contributed by atoms with E-state index in [9.17, 15) is 0 Å². The first-order chi connectivity index (χ1) is 9.93. The van der Waals surface area contributed by atoms with Gasteiger partial charge in [-0.1, -0.05) is 20.8 Å². The zero-order chi connectivity index (χ0) is 15.6. The van der Waals surface area contributed by atoms with E-state index >= 15 is 0 Å². The Kier molecular flexibility index (Phi) is 5.04. The van der Waals surface area contributed by atoms with Crippen LogP contribution in [0, 0.1) is 6.92 Å². The molecular formula is C16H29N5. The Balaban J connectivity index is 2.20. The van der Waals surface area contributed by atoms with E-state index in [-0.39, 0.29) is 0 Å². The lowest BCUT2D eigenvalue weighted by Crippen LogP contribution is -2.39. The fourth-order valence-corrected chi connectivity index (χ4v) is 3.09. The number of nitrogens with two attached hydrogens (primary N) is 1. The van der Waals surface area contributed by atoms with Gasteiger partial charge in [0.25, 0.3) is 0 Å². The number of hydrogen-bond donors (Lipinski definition) is 1. The fourth-order valence-electron chi connectivity index (χ4n) is 3.09. The minimum absolute atomic E-state index is 0.290. The van der Waals surface area contributed by atoms with Crippen molar-refractivity contribution in [3.63, 3.8) is 0 Å². The van der Waals surface area contributed by atoms with E-state index < -0.39 is 0 Å². The number of hydrogen-bond acceptors (Lipinski definition) is 5. The summed E-state index contributed by atoms with van der Waals surface area (Å²) >= 11 is 0. The number of rotatable bonds is 5. The second kappa shape index (κ2) is 6.60. The molecule has 0 aliphatic carbocycles. The molecule has 2 heterocycles. The Bertz CT molecular complexity index is 486. The maximum atomic E-state index is 6.07. The van der Waals surface area contributed by atoms with Gasteiger partial charge in [0.1, 0.15) is 17.5 Å². The van der Waals surface area contributed by atoms with Crippen LogP contribution >= 0.6 is 0 Å². The van der Waals surface area contributed by atoms with E-state index in [1.807, 2.05) is 6.92 Å². The lowest BCUT2D eigenvalue weighted by Gasteiger charge is -2.29. The number of anilines is 2. The SMILES string of the molecule is CCN1CCCC1CN(C)c1nc(C(C)C)nc(N)c1C. The summed E-state index contributed by atoms with van der Waals surface area (Å²) < 4.78 is 0. The van der Waals surface area contributed by atoms with Crippen molar-refractivity contribution in [3.05, 3.63) is 11.4 Å². The smallest absolute Gasteiger partial charge is 0.137 e. The zero-order valence-corrected chi connectivity index (χ0v) is 14.1. The van der Waals surface area contributed by atoms with Crippen LogP contribution in [0.1, 0.15) is 50.9 Å². The monoisotopic (exact) mass is 291 g/mol. The van der Waals surface area contributed by atoms with Gasteiger partial charge in [0, 0.05) is 31.1 Å². The molecule has 118 valence electrons. The van der Waals surface area contributed by atoms with Gasteiger partial charge >= 0.3 is 0 Å². The predicted molar refractivity (Wildman–Crippen MR) is 88.8 cm³/mol. The molecule has 0 bridgehead atoms. The molecule has 0 aromatic carbocycles. The van der Waals surface area contributed by atoms with Crippen molar-refractivity contribution in [2.75, 3.05) is 37.3 Å². The average Bonchev–Trinajstić information content (AvgIpc) is 2.88. The van der Waals surface area contributed by atoms with Crippen LogP contribution in [-0.4, -0.2) is 47.6 Å². The molecule has 1 unspecified atom stereocenters. The standard InChI is InChI=1S/C16H29N5/c1-6-21-9-7-8-13(21)10-20(5)16-12(4)14(17)18-15(19-16)11(2)3/h11,13H,6-10H2,1-5H3,(H2,17,18,19). The molecule has 5 heteroatoms.